The van der Waals surface area contributed by atoms with E-state index in [9.17, 15) is 0 Å². The predicted octanol–water partition coefficient (Wildman–Crippen LogP) is 21.1. The van der Waals surface area contributed by atoms with E-state index in [1.54, 1.807) is 0 Å². The van der Waals surface area contributed by atoms with E-state index in [0.717, 1.165) is 127 Å². The largest absolute Gasteiger partial charge is 0.309 e. The summed E-state index contributed by atoms with van der Waals surface area (Å²) in [5, 5.41) is 9.30. The third kappa shape index (κ3) is 7.77. The fourth-order valence-corrected chi connectivity index (χ4v) is 14.2. The second-order valence-corrected chi connectivity index (χ2v) is 22.9. The minimum absolute atomic E-state index is 0.521. The van der Waals surface area contributed by atoms with E-state index in [-0.39, 0.29) is 0 Å². The van der Waals surface area contributed by atoms with Gasteiger partial charge in [0.25, 0.3) is 0 Å². The molecule has 90 heavy (non-hydrogen) atoms. The third-order valence-electron chi connectivity index (χ3n) is 18.0. The average Bonchev–Trinajstić information content (AvgIpc) is 1.56. The van der Waals surface area contributed by atoms with Crippen LogP contribution in [-0.2, 0) is 0 Å². The van der Waals surface area contributed by atoms with Gasteiger partial charge in [-0.15, -0.1) is 0 Å². The highest BCUT2D eigenvalue weighted by Crippen LogP contribution is 2.49. The van der Waals surface area contributed by atoms with Gasteiger partial charge in [0.1, 0.15) is 0 Å². The fourth-order valence-electron chi connectivity index (χ4n) is 14.2. The van der Waals surface area contributed by atoms with Crippen LogP contribution in [0.2, 0.25) is 0 Å². The molecule has 0 radical (unpaired) electrons. The zero-order valence-electron chi connectivity index (χ0n) is 48.4. The molecule has 0 fully saturated rings. The summed E-state index contributed by atoms with van der Waals surface area (Å²) >= 11 is 0. The van der Waals surface area contributed by atoms with Gasteiger partial charge in [-0.2, -0.15) is 0 Å². The monoisotopic (exact) mass is 1150 g/mol. The molecule has 0 amide bonds. The number of para-hydroxylation sites is 6. The number of hydrogen-bond acceptors (Lipinski definition) is 3. The summed E-state index contributed by atoms with van der Waals surface area (Å²) in [7, 11) is 0. The van der Waals surface area contributed by atoms with Crippen molar-refractivity contribution in [3.63, 3.8) is 0 Å². The maximum Gasteiger partial charge on any atom is 0.187 e. The van der Waals surface area contributed by atoms with Crippen LogP contribution in [-0.4, -0.2) is 33.2 Å². The second kappa shape index (κ2) is 20.3. The van der Waals surface area contributed by atoms with Crippen LogP contribution < -0.4 is 0 Å². The van der Waals surface area contributed by atoms with E-state index in [0.29, 0.717) is 23.2 Å². The van der Waals surface area contributed by atoms with Crippen molar-refractivity contribution in [1.29, 1.82) is 0 Å². The number of hydrogen-bond donors (Lipinski definition) is 0. The van der Waals surface area contributed by atoms with E-state index in [1.807, 2.05) is 48.5 Å². The number of nitrogens with zero attached hydrogens (tertiary/aromatic N) is 8. The van der Waals surface area contributed by atoms with Crippen molar-refractivity contribution in [3.05, 3.63) is 315 Å². The van der Waals surface area contributed by atoms with Crippen LogP contribution in [0.15, 0.2) is 303 Å². The zero-order chi connectivity index (χ0) is 59.4. The first-order valence-corrected chi connectivity index (χ1v) is 30.3. The fraction of sp³-hybridized carbons (Fsp3) is 0. The molecule has 13 aromatic carbocycles. The molecule has 0 saturated carbocycles. The Morgan fingerprint density at radius 2 is 0.689 bits per heavy atom. The molecule has 0 unspecified atom stereocenters. The van der Waals surface area contributed by atoms with Crippen LogP contribution >= 0.6 is 0 Å². The lowest BCUT2D eigenvalue weighted by molar-refractivity contribution is 1.06. The van der Waals surface area contributed by atoms with E-state index >= 15 is 0 Å². The summed E-state index contributed by atoms with van der Waals surface area (Å²) in [5.74, 6) is 1.64. The van der Waals surface area contributed by atoms with Crippen molar-refractivity contribution in [1.82, 2.24) is 33.2 Å². The molecule has 8 heteroatoms. The molecular weight excluding hydrogens is 1100 g/mol. The molecule has 0 aliphatic carbocycles. The first-order valence-electron chi connectivity index (χ1n) is 30.3. The maximum atomic E-state index is 7.89. The molecule has 0 aliphatic heterocycles. The van der Waals surface area contributed by atoms with Crippen LogP contribution in [0.3, 0.4) is 0 Å². The third-order valence-corrected chi connectivity index (χ3v) is 18.0. The molecule has 18 aromatic rings. The molecule has 418 valence electrons. The quantitative estimate of drug-likeness (QED) is 0.135. The van der Waals surface area contributed by atoms with Crippen molar-refractivity contribution in [2.45, 2.75) is 0 Å². The van der Waals surface area contributed by atoms with E-state index in [4.69, 9.17) is 21.5 Å². The number of benzene rings is 13. The number of rotatable bonds is 9. The van der Waals surface area contributed by atoms with Crippen molar-refractivity contribution in [2.75, 3.05) is 0 Å². The maximum absolute atomic E-state index is 7.89. The van der Waals surface area contributed by atoms with Crippen molar-refractivity contribution in [2.24, 2.45) is 0 Å². The molecule has 18 rings (SSSR count). The molecule has 0 spiro atoms. The van der Waals surface area contributed by atoms with Gasteiger partial charge in [-0.3, -0.25) is 0 Å². The number of aromatic nitrogens is 7. The lowest BCUT2D eigenvalue weighted by atomic mass is 9.92. The van der Waals surface area contributed by atoms with Crippen molar-refractivity contribution < 1.29 is 0 Å². The van der Waals surface area contributed by atoms with Crippen LogP contribution in [0.4, 0.5) is 5.69 Å². The summed E-state index contributed by atoms with van der Waals surface area (Å²) in [6.45, 7) is 7.89. The van der Waals surface area contributed by atoms with Crippen LogP contribution in [0.5, 0.6) is 0 Å². The summed E-state index contributed by atoms with van der Waals surface area (Å²) in [4.78, 5) is 20.4. The Hall–Kier alpha value is -12.4. The topological polar surface area (TPSA) is 62.8 Å². The normalized spacial score (nSPS) is 11.8. The smallest absolute Gasteiger partial charge is 0.187 e. The number of fused-ring (bicyclic) bond motifs is 14. The van der Waals surface area contributed by atoms with E-state index < -0.39 is 0 Å². The molecule has 0 bridgehead atoms. The van der Waals surface area contributed by atoms with E-state index in [2.05, 4.69) is 278 Å². The van der Waals surface area contributed by atoms with Gasteiger partial charge in [0.05, 0.1) is 67.6 Å². The van der Waals surface area contributed by atoms with Gasteiger partial charge in [-0.1, -0.05) is 224 Å². The van der Waals surface area contributed by atoms with Gasteiger partial charge in [-0.25, -0.2) is 19.8 Å². The molecule has 0 aliphatic rings. The van der Waals surface area contributed by atoms with Gasteiger partial charge in [0.15, 0.2) is 23.2 Å². The highest BCUT2D eigenvalue weighted by atomic mass is 15.1. The molecular formula is C82H50N8. The second-order valence-electron chi connectivity index (χ2n) is 22.9. The first kappa shape index (κ1) is 50.8. The van der Waals surface area contributed by atoms with Crippen LogP contribution in [0.25, 0.3) is 171 Å². The highest BCUT2D eigenvalue weighted by molar-refractivity contribution is 6.28. The lowest BCUT2D eigenvalue weighted by Gasteiger charge is -2.21. The Morgan fingerprint density at radius 1 is 0.267 bits per heavy atom. The van der Waals surface area contributed by atoms with Crippen LogP contribution in [0.1, 0.15) is 0 Å². The summed E-state index contributed by atoms with van der Waals surface area (Å²) in [6.07, 6.45) is 0. The summed E-state index contributed by atoms with van der Waals surface area (Å²) in [5.41, 5.74) is 19.9. The SMILES string of the molecule is [C-]#[N+]c1ccc(-c2ccc(-n3c4ccccc4c4c3ccc3c5ccccc5n(-c5ccccc5)c34)c(-c3cccc(-n4c5ccccc5c5c4ccc4c6ccccc6n(-c6ccccc6)c45)c3-c3nc(-c4ccccc4)nc(-c4ccccc4)n3)c2)cc1. The Balaban J connectivity index is 1.00. The van der Waals surface area contributed by atoms with Gasteiger partial charge in [0.2, 0.25) is 0 Å². The minimum atomic E-state index is 0.521. The van der Waals surface area contributed by atoms with E-state index in [1.165, 1.54) is 21.5 Å². The molecule has 5 heterocycles. The Kier molecular flexibility index (Phi) is 11.5. The van der Waals surface area contributed by atoms with Gasteiger partial charge in [-0.05, 0) is 95.6 Å². The first-order chi connectivity index (χ1) is 44.6. The predicted molar refractivity (Wildman–Crippen MR) is 371 cm³/mol. The standard InChI is InChI=1S/C82H50N8/c1-83-56-44-41-52(42-45-56)55-43-48-71(89-69-38-20-16-33-64(69)75-73(89)49-46-62-59-31-14-18-36-67(59)87(78(62)75)57-27-10-4-11-28-57)66(51-55)61-35-22-40-72(77(61)82-85-80(53-23-6-2-7-24-53)84-81(86-82)54-25-8-3-9-26-54)90-70-39-21-17-34-65(70)76-74(90)50-47-63-60-32-15-19-37-68(60)88(79(63)76)58-29-12-5-13-30-58/h2-51H. The minimum Gasteiger partial charge on any atom is -0.309 e. The summed E-state index contributed by atoms with van der Waals surface area (Å²) in [6, 6.07) is 108. The Bertz CT molecular complexity index is 5890. The molecule has 0 saturated heterocycles. The highest BCUT2D eigenvalue weighted by Gasteiger charge is 2.29. The van der Waals surface area contributed by atoms with Gasteiger partial charge in [0, 0.05) is 71.2 Å². The Labute approximate surface area is 517 Å². The molecule has 0 N–H and O–H groups in total. The molecule has 5 aromatic heterocycles. The van der Waals surface area contributed by atoms with Crippen molar-refractivity contribution in [3.8, 4) is 79.2 Å². The van der Waals surface area contributed by atoms with Gasteiger partial charge >= 0.3 is 0 Å². The van der Waals surface area contributed by atoms with Gasteiger partial charge < -0.3 is 18.3 Å². The average molecular weight is 1150 g/mol. The molecule has 0 atom stereocenters. The molecule has 8 nitrogen and oxygen atoms in total. The zero-order valence-corrected chi connectivity index (χ0v) is 48.4. The van der Waals surface area contributed by atoms with Crippen molar-refractivity contribution >= 4 is 92.9 Å². The lowest BCUT2D eigenvalue weighted by Crippen LogP contribution is -2.06. The summed E-state index contributed by atoms with van der Waals surface area (Å²) < 4.78 is 9.78. The Morgan fingerprint density at radius 3 is 1.19 bits per heavy atom. The van der Waals surface area contributed by atoms with Crippen LogP contribution in [0, 0.1) is 6.57 Å².